The van der Waals surface area contributed by atoms with Gasteiger partial charge in [-0.25, -0.2) is 0 Å². The van der Waals surface area contributed by atoms with E-state index in [1.165, 1.54) is 0 Å². The van der Waals surface area contributed by atoms with Crippen LogP contribution in [0.2, 0.25) is 0 Å². The maximum atomic E-state index is 8.98. The van der Waals surface area contributed by atoms with E-state index in [0.29, 0.717) is 12.8 Å². The van der Waals surface area contributed by atoms with Gasteiger partial charge in [0.1, 0.15) is 4.75 Å². The van der Waals surface area contributed by atoms with Gasteiger partial charge in [0.15, 0.2) is 0 Å². The molecular weight excluding hydrogens is 146 g/mol. The molecule has 1 N–H and O–H groups in total. The van der Waals surface area contributed by atoms with Crippen LogP contribution in [-0.2, 0) is 0 Å². The summed E-state index contributed by atoms with van der Waals surface area (Å²) in [5.41, 5.74) is 0. The summed E-state index contributed by atoms with van der Waals surface area (Å²) < 4.78 is -0.242. The van der Waals surface area contributed by atoms with Crippen molar-refractivity contribution >= 4 is 11.8 Å². The van der Waals surface area contributed by atoms with Gasteiger partial charge in [-0.2, -0.15) is 5.26 Å². The number of nitrogens with zero attached hydrogens (tertiary/aromatic N) is 1. The molecule has 1 aliphatic rings. The van der Waals surface area contributed by atoms with Crippen molar-refractivity contribution in [2.45, 2.75) is 30.6 Å². The minimum absolute atomic E-state index is 0.223. The number of hydrogen-bond donors (Lipinski definition) is 1. The van der Waals surface area contributed by atoms with E-state index in [1.54, 1.807) is 11.8 Å². The Labute approximate surface area is 65.2 Å². The summed E-state index contributed by atoms with van der Waals surface area (Å²) in [6.45, 7) is 2.04. The SMILES string of the molecule is CCSC1(C#N)CC(O)C1. The fraction of sp³-hybridized carbons (Fsp3) is 0.857. The Morgan fingerprint density at radius 1 is 1.80 bits per heavy atom. The predicted molar refractivity (Wildman–Crippen MR) is 41.7 cm³/mol. The minimum atomic E-state index is -0.242. The highest BCUT2D eigenvalue weighted by molar-refractivity contribution is 8.00. The Kier molecular flexibility index (Phi) is 2.22. The van der Waals surface area contributed by atoms with E-state index < -0.39 is 0 Å². The third kappa shape index (κ3) is 1.28. The van der Waals surface area contributed by atoms with Crippen molar-refractivity contribution in [1.82, 2.24) is 0 Å². The summed E-state index contributed by atoms with van der Waals surface area (Å²) in [4.78, 5) is 0. The lowest BCUT2D eigenvalue weighted by atomic mass is 9.82. The van der Waals surface area contributed by atoms with Gasteiger partial charge >= 0.3 is 0 Å². The quantitative estimate of drug-likeness (QED) is 0.654. The second kappa shape index (κ2) is 2.81. The number of thioether (sulfide) groups is 1. The lowest BCUT2D eigenvalue weighted by Crippen LogP contribution is -2.43. The maximum absolute atomic E-state index is 8.98. The van der Waals surface area contributed by atoms with Crippen LogP contribution < -0.4 is 0 Å². The first-order chi connectivity index (χ1) is 4.72. The van der Waals surface area contributed by atoms with Crippen LogP contribution in [0.5, 0.6) is 0 Å². The van der Waals surface area contributed by atoms with Crippen LogP contribution in [0.25, 0.3) is 0 Å². The smallest absolute Gasteiger partial charge is 0.107 e. The molecule has 0 aliphatic heterocycles. The first-order valence-corrected chi connectivity index (χ1v) is 4.44. The molecular formula is C7H11NOS. The zero-order chi connectivity index (χ0) is 7.61. The molecule has 0 heterocycles. The normalized spacial score (nSPS) is 38.3. The van der Waals surface area contributed by atoms with E-state index in [9.17, 15) is 0 Å². The molecule has 1 saturated carbocycles. The summed E-state index contributed by atoms with van der Waals surface area (Å²) in [7, 11) is 0. The second-order valence-electron chi connectivity index (χ2n) is 2.60. The highest BCUT2D eigenvalue weighted by Crippen LogP contribution is 2.43. The lowest BCUT2D eigenvalue weighted by molar-refractivity contribution is 0.0804. The van der Waals surface area contributed by atoms with Gasteiger partial charge in [-0.1, -0.05) is 6.92 Å². The molecule has 1 aliphatic carbocycles. The van der Waals surface area contributed by atoms with E-state index >= 15 is 0 Å². The number of aliphatic hydroxyl groups excluding tert-OH is 1. The number of hydrogen-bond acceptors (Lipinski definition) is 3. The second-order valence-corrected chi connectivity index (χ2v) is 4.25. The van der Waals surface area contributed by atoms with Crippen LogP contribution in [0.15, 0.2) is 0 Å². The zero-order valence-corrected chi connectivity index (χ0v) is 6.82. The van der Waals surface area contributed by atoms with Gasteiger partial charge in [0.2, 0.25) is 0 Å². The van der Waals surface area contributed by atoms with Gasteiger partial charge in [0.25, 0.3) is 0 Å². The van der Waals surface area contributed by atoms with Gasteiger partial charge in [-0.05, 0) is 5.75 Å². The summed E-state index contributed by atoms with van der Waals surface area (Å²) >= 11 is 1.65. The fourth-order valence-corrected chi connectivity index (χ4v) is 2.46. The molecule has 0 bridgehead atoms. The molecule has 0 radical (unpaired) electrons. The Hall–Kier alpha value is -0.200. The lowest BCUT2D eigenvalue weighted by Gasteiger charge is -2.38. The van der Waals surface area contributed by atoms with Crippen molar-refractivity contribution in [3.05, 3.63) is 0 Å². The molecule has 1 fully saturated rings. The van der Waals surface area contributed by atoms with Crippen molar-refractivity contribution in [1.29, 1.82) is 5.26 Å². The monoisotopic (exact) mass is 157 g/mol. The van der Waals surface area contributed by atoms with Gasteiger partial charge in [0, 0.05) is 12.8 Å². The summed E-state index contributed by atoms with van der Waals surface area (Å²) in [5, 5.41) is 17.7. The number of aliphatic hydroxyl groups is 1. The van der Waals surface area contributed by atoms with E-state index in [0.717, 1.165) is 5.75 Å². The van der Waals surface area contributed by atoms with Crippen LogP contribution in [0, 0.1) is 11.3 Å². The van der Waals surface area contributed by atoms with Crippen LogP contribution >= 0.6 is 11.8 Å². The van der Waals surface area contributed by atoms with Gasteiger partial charge < -0.3 is 5.11 Å². The van der Waals surface area contributed by atoms with E-state index in [-0.39, 0.29) is 10.9 Å². The summed E-state index contributed by atoms with van der Waals surface area (Å²) in [6.07, 6.45) is 1.09. The van der Waals surface area contributed by atoms with E-state index in [2.05, 4.69) is 6.07 Å². The highest BCUT2D eigenvalue weighted by Gasteiger charge is 2.43. The van der Waals surface area contributed by atoms with Crippen molar-refractivity contribution < 1.29 is 5.11 Å². The molecule has 3 heteroatoms. The molecule has 56 valence electrons. The molecule has 0 saturated heterocycles. The summed E-state index contributed by atoms with van der Waals surface area (Å²) in [5.74, 6) is 0.959. The van der Waals surface area contributed by atoms with Crippen molar-refractivity contribution in [3.63, 3.8) is 0 Å². The van der Waals surface area contributed by atoms with Crippen LogP contribution in [0.1, 0.15) is 19.8 Å². The summed E-state index contributed by atoms with van der Waals surface area (Å²) in [6, 6.07) is 2.25. The minimum Gasteiger partial charge on any atom is -0.393 e. The predicted octanol–water partition coefficient (Wildman–Crippen LogP) is 1.16. The van der Waals surface area contributed by atoms with E-state index in [4.69, 9.17) is 10.4 Å². The molecule has 2 nitrogen and oxygen atoms in total. The Balaban J connectivity index is 2.42. The molecule has 0 aromatic carbocycles. The molecule has 10 heavy (non-hydrogen) atoms. The average molecular weight is 157 g/mol. The topological polar surface area (TPSA) is 44.0 Å². The van der Waals surface area contributed by atoms with Crippen LogP contribution in [-0.4, -0.2) is 21.7 Å². The maximum Gasteiger partial charge on any atom is 0.107 e. The molecule has 0 aromatic rings. The van der Waals surface area contributed by atoms with Crippen molar-refractivity contribution in [2.24, 2.45) is 0 Å². The first-order valence-electron chi connectivity index (χ1n) is 3.46. The number of rotatable bonds is 2. The van der Waals surface area contributed by atoms with Gasteiger partial charge in [-0.15, -0.1) is 11.8 Å². The molecule has 0 atom stereocenters. The standard InChI is InChI=1S/C7H11NOS/c1-2-10-7(5-8)3-6(9)4-7/h6,9H,2-4H2,1H3. The first kappa shape index (κ1) is 7.90. The zero-order valence-electron chi connectivity index (χ0n) is 6.00. The molecule has 0 amide bonds. The fourth-order valence-electron chi connectivity index (χ4n) is 1.22. The highest BCUT2D eigenvalue weighted by atomic mass is 32.2. The molecule has 0 unspecified atom stereocenters. The van der Waals surface area contributed by atoms with Gasteiger partial charge in [0.05, 0.1) is 12.2 Å². The number of nitriles is 1. The van der Waals surface area contributed by atoms with Crippen LogP contribution in [0.3, 0.4) is 0 Å². The Morgan fingerprint density at radius 3 is 2.70 bits per heavy atom. The van der Waals surface area contributed by atoms with Crippen LogP contribution in [0.4, 0.5) is 0 Å². The molecule has 0 aromatic heterocycles. The van der Waals surface area contributed by atoms with Crippen molar-refractivity contribution in [3.8, 4) is 6.07 Å². The molecule has 0 spiro atoms. The Morgan fingerprint density at radius 2 is 2.40 bits per heavy atom. The third-order valence-electron chi connectivity index (χ3n) is 1.76. The van der Waals surface area contributed by atoms with Gasteiger partial charge in [-0.3, -0.25) is 0 Å². The third-order valence-corrected chi connectivity index (χ3v) is 3.02. The Bertz CT molecular complexity index is 152. The average Bonchev–Trinajstić information content (AvgIpc) is 1.84. The van der Waals surface area contributed by atoms with Crippen molar-refractivity contribution in [2.75, 3.05) is 5.75 Å². The molecule has 1 rings (SSSR count). The largest absolute Gasteiger partial charge is 0.393 e. The van der Waals surface area contributed by atoms with E-state index in [1.807, 2.05) is 6.92 Å².